The summed E-state index contributed by atoms with van der Waals surface area (Å²) in [6, 6.07) is 16.3. The van der Waals surface area contributed by atoms with E-state index in [0.29, 0.717) is 60.1 Å². The number of Topliss-reactive ketones (excluding diaryl/α,β-unsaturated/α-hetero) is 1. The Balaban J connectivity index is 1.12. The van der Waals surface area contributed by atoms with Crippen LogP contribution in [0.1, 0.15) is 145 Å². The van der Waals surface area contributed by atoms with Gasteiger partial charge >= 0.3 is 0 Å². The highest BCUT2D eigenvalue weighted by atomic mass is 16.6. The van der Waals surface area contributed by atoms with E-state index in [4.69, 9.17) is 9.47 Å². The van der Waals surface area contributed by atoms with Gasteiger partial charge in [-0.3, -0.25) is 34.6 Å². The van der Waals surface area contributed by atoms with Crippen molar-refractivity contribution in [2.45, 2.75) is 163 Å². The molecule has 2 atom stereocenters. The zero-order valence-corrected chi connectivity index (χ0v) is 44.6. The molecule has 2 aliphatic heterocycles. The van der Waals surface area contributed by atoms with Crippen LogP contribution in [0, 0.1) is 25.6 Å². The summed E-state index contributed by atoms with van der Waals surface area (Å²) in [4.78, 5) is 72.8. The van der Waals surface area contributed by atoms with Crippen molar-refractivity contribution in [2.75, 3.05) is 23.4 Å². The number of unbranched alkanes of at least 4 members (excludes halogenated alkanes) is 6. The molecule has 74 heavy (non-hydrogen) atoms. The van der Waals surface area contributed by atoms with E-state index < -0.39 is 15.6 Å². The fourth-order valence-electron chi connectivity index (χ4n) is 10.7. The molecule has 394 valence electrons. The monoisotopic (exact) mass is 1010 g/mol. The third-order valence-corrected chi connectivity index (χ3v) is 15.4. The molecule has 2 amide bonds. The number of amides is 2. The molecule has 2 heterocycles. The number of anilines is 2. The minimum Gasteiger partial charge on any atom is -0.506 e. The van der Waals surface area contributed by atoms with Gasteiger partial charge in [0.1, 0.15) is 17.3 Å². The van der Waals surface area contributed by atoms with E-state index >= 15 is 0 Å². The maximum absolute atomic E-state index is 14.9. The first-order chi connectivity index (χ1) is 35.0. The summed E-state index contributed by atoms with van der Waals surface area (Å²) in [7, 11) is 0. The van der Waals surface area contributed by atoms with Crippen molar-refractivity contribution in [2.24, 2.45) is 10.4 Å². The molecular formula is C58H72N6O10. The number of nitrogens with one attached hydrogen (secondary N) is 1. The normalized spacial score (nSPS) is 20.1. The number of fused-ring (bicyclic) bond motifs is 2. The highest BCUT2D eigenvalue weighted by Gasteiger charge is 2.49. The fourth-order valence-corrected chi connectivity index (χ4v) is 10.7. The first-order valence-corrected chi connectivity index (χ1v) is 26.1. The Morgan fingerprint density at radius 2 is 1.23 bits per heavy atom. The predicted octanol–water partition coefficient (Wildman–Crippen LogP) is 12.5. The van der Waals surface area contributed by atoms with Gasteiger partial charge in [-0.05, 0) is 127 Å². The van der Waals surface area contributed by atoms with E-state index in [0.717, 1.165) is 61.0 Å². The molecule has 4 aliphatic rings. The smallest absolute Gasteiger partial charge is 0.269 e. The molecule has 0 spiro atoms. The number of benzene rings is 3. The molecule has 3 aromatic rings. The van der Waals surface area contributed by atoms with Crippen LogP contribution in [-0.2, 0) is 19.8 Å². The molecule has 0 radical (unpaired) electrons. The Morgan fingerprint density at radius 3 is 1.74 bits per heavy atom. The van der Waals surface area contributed by atoms with Crippen LogP contribution in [0.2, 0.25) is 0 Å². The van der Waals surface area contributed by atoms with Gasteiger partial charge in [-0.15, -0.1) is 0 Å². The number of non-ortho nitro benzene ring substituents is 2. The summed E-state index contributed by atoms with van der Waals surface area (Å²) >= 11 is 0. The van der Waals surface area contributed by atoms with E-state index in [2.05, 4.69) is 89.3 Å². The van der Waals surface area contributed by atoms with Gasteiger partial charge in [0, 0.05) is 94.6 Å². The second-order valence-electron chi connectivity index (χ2n) is 21.6. The quantitative estimate of drug-likeness (QED) is 0.0417. The number of rotatable bonds is 22. The van der Waals surface area contributed by atoms with Crippen molar-refractivity contribution in [1.82, 2.24) is 4.90 Å². The fraction of sp³-hybridized carbons (Fsp3) is 0.483. The zero-order chi connectivity index (χ0) is 53.8. The van der Waals surface area contributed by atoms with Gasteiger partial charge in [-0.2, -0.15) is 0 Å². The third-order valence-electron chi connectivity index (χ3n) is 15.4. The molecule has 2 N–H and O–H groups in total. The van der Waals surface area contributed by atoms with Crippen molar-refractivity contribution in [3.8, 4) is 11.5 Å². The molecule has 2 unspecified atom stereocenters. The van der Waals surface area contributed by atoms with Crippen molar-refractivity contribution in [3.63, 3.8) is 0 Å². The van der Waals surface area contributed by atoms with E-state index in [1.165, 1.54) is 24.3 Å². The molecule has 2 aliphatic carbocycles. The van der Waals surface area contributed by atoms with Crippen LogP contribution in [0.25, 0.3) is 5.57 Å². The number of nitrogens with zero attached hydrogens (tertiary/aromatic N) is 5. The average molecular weight is 1010 g/mol. The van der Waals surface area contributed by atoms with Crippen LogP contribution < -0.4 is 19.7 Å². The molecule has 3 aromatic carbocycles. The van der Waals surface area contributed by atoms with E-state index in [1.54, 1.807) is 24.3 Å². The lowest BCUT2D eigenvalue weighted by atomic mass is 9.73. The summed E-state index contributed by atoms with van der Waals surface area (Å²) < 4.78 is 11.5. The molecule has 0 bridgehead atoms. The minimum atomic E-state index is -0.454. The van der Waals surface area contributed by atoms with Gasteiger partial charge < -0.3 is 29.7 Å². The number of hydrogen-bond donors (Lipinski definition) is 2. The van der Waals surface area contributed by atoms with Gasteiger partial charge in [-0.25, -0.2) is 4.99 Å². The van der Waals surface area contributed by atoms with Crippen LogP contribution in [0.15, 0.2) is 106 Å². The number of nitro groups is 2. The minimum absolute atomic E-state index is 0.000671. The van der Waals surface area contributed by atoms with Crippen molar-refractivity contribution in [1.29, 1.82) is 0 Å². The predicted molar refractivity (Wildman–Crippen MR) is 289 cm³/mol. The molecule has 0 saturated carbocycles. The van der Waals surface area contributed by atoms with Crippen molar-refractivity contribution >= 4 is 51.6 Å². The number of carbonyl (C=O) groups is 3. The topological polar surface area (TPSA) is 207 Å². The van der Waals surface area contributed by atoms with E-state index in [9.17, 15) is 39.7 Å². The molecule has 16 nitrogen and oxygen atoms in total. The Labute approximate surface area is 434 Å². The Kier molecular flexibility index (Phi) is 16.7. The number of ether oxygens (including phenoxy) is 2. The summed E-state index contributed by atoms with van der Waals surface area (Å²) in [6.07, 6.45) is 10.1. The standard InChI is InChI=1S/C58H72N6O10/c1-35(2)61-37(5)57(7,8)45-31-43(47(33-49(45)61)59-51(65)19-15-11-13-17-29-73-41-25-21-39(22-26-41)63(69)70)53-55(67)54(56(53)68)44-32-46-50(62(36(3)4)38(6)58(46,9)10)34-48(44)60-52(66)20-16-12-14-18-30-74-42-27-23-40(24-28-42)64(71)72/h21-28,31-38,67H,11-20,29-30H2,1-10H3,(H,59,65)/b54-44+,60-48?. The first kappa shape index (κ1) is 54.7. The number of allylic oxidation sites excluding steroid dienone is 6. The van der Waals surface area contributed by atoms with Crippen LogP contribution in [-0.4, -0.2) is 80.5 Å². The first-order valence-electron chi connectivity index (χ1n) is 26.1. The lowest BCUT2D eigenvalue weighted by molar-refractivity contribution is -0.385. The Hall–Kier alpha value is -7.10. The number of aliphatic imine (C=N–C) groups is 1. The van der Waals surface area contributed by atoms with Crippen LogP contribution in [0.5, 0.6) is 11.5 Å². The SMILES string of the molecule is CC(C)N1C2=CC(=NC(=O)CCCCCCOc3ccc([N+](=O)[O-])cc3)/C(=C3/C(=O)C(c4cc5c(cc4NC(=O)CCCCCCOc4ccc([N+](=O)[O-])cc4)N(C(C)C)C(C)C5(C)C)=C3O)C=C2C(C)(C)C1C. The average Bonchev–Trinajstić information content (AvgIpc) is 3.66. The highest BCUT2D eigenvalue weighted by Crippen LogP contribution is 2.53. The van der Waals surface area contributed by atoms with Gasteiger partial charge in [0.25, 0.3) is 11.4 Å². The van der Waals surface area contributed by atoms with Gasteiger partial charge in [0.2, 0.25) is 17.6 Å². The summed E-state index contributed by atoms with van der Waals surface area (Å²) in [6.45, 7) is 22.4. The van der Waals surface area contributed by atoms with Gasteiger partial charge in [0.15, 0.2) is 0 Å². The lowest BCUT2D eigenvalue weighted by Crippen LogP contribution is -2.42. The van der Waals surface area contributed by atoms with Crippen molar-refractivity contribution in [3.05, 3.63) is 132 Å². The Morgan fingerprint density at radius 1 is 0.716 bits per heavy atom. The molecular weight excluding hydrogens is 941 g/mol. The molecule has 1 fully saturated rings. The number of nitro benzene ring substituents is 2. The largest absolute Gasteiger partial charge is 0.506 e. The number of hydrogen-bond acceptors (Lipinski definition) is 12. The number of carbonyl (C=O) groups excluding carboxylic acids is 3. The number of aliphatic hydroxyl groups excluding tert-OH is 1. The number of aliphatic hydroxyl groups is 1. The van der Waals surface area contributed by atoms with E-state index in [-0.39, 0.29) is 87.9 Å². The highest BCUT2D eigenvalue weighted by molar-refractivity contribution is 6.42. The molecule has 0 aromatic heterocycles. The van der Waals surface area contributed by atoms with Gasteiger partial charge in [0.05, 0.1) is 45.6 Å². The lowest BCUT2D eigenvalue weighted by Gasteiger charge is -2.34. The molecule has 7 rings (SSSR count). The second kappa shape index (κ2) is 22.6. The summed E-state index contributed by atoms with van der Waals surface area (Å²) in [5, 5.41) is 37.4. The summed E-state index contributed by atoms with van der Waals surface area (Å²) in [5.74, 6) is -0.0557. The third kappa shape index (κ3) is 11.3. The zero-order valence-electron chi connectivity index (χ0n) is 44.6. The van der Waals surface area contributed by atoms with Crippen LogP contribution >= 0.6 is 0 Å². The molecule has 1 saturated heterocycles. The maximum atomic E-state index is 14.9. The van der Waals surface area contributed by atoms with Crippen molar-refractivity contribution < 1.29 is 38.8 Å². The summed E-state index contributed by atoms with van der Waals surface area (Å²) in [5.41, 5.74) is 4.96. The number of ketones is 1. The van der Waals surface area contributed by atoms with Crippen LogP contribution in [0.4, 0.5) is 22.7 Å². The number of likely N-dealkylation sites (tertiary alicyclic amines) is 1. The Bertz CT molecular complexity index is 2840. The maximum Gasteiger partial charge on any atom is 0.269 e. The second-order valence-corrected chi connectivity index (χ2v) is 21.6. The van der Waals surface area contributed by atoms with Crippen LogP contribution in [0.3, 0.4) is 0 Å². The van der Waals surface area contributed by atoms with Gasteiger partial charge in [-0.1, -0.05) is 53.4 Å². The van der Waals surface area contributed by atoms with E-state index in [1.807, 2.05) is 24.3 Å². The molecule has 16 heteroatoms.